The fourth-order valence-electron chi connectivity index (χ4n) is 2.40. The molecule has 5 nitrogen and oxygen atoms in total. The zero-order valence-electron chi connectivity index (χ0n) is 9.98. The lowest BCUT2D eigenvalue weighted by Gasteiger charge is -2.35. The highest BCUT2D eigenvalue weighted by atomic mass is 79.9. The normalized spacial score (nSPS) is 18.6. The third-order valence-corrected chi connectivity index (χ3v) is 4.20. The van der Waals surface area contributed by atoms with Gasteiger partial charge in [0.25, 0.3) is 5.79 Å². The standard InChI is InChI=1S/C13H11BrN2O3/c14-8-5-11-10(17-13(18-11)2-1-3-13)4-7(8)9-6-12(15)19-16-9/h4-6H,1-3,15H2. The van der Waals surface area contributed by atoms with Gasteiger partial charge in [0.2, 0.25) is 5.88 Å². The molecule has 4 rings (SSSR count). The van der Waals surface area contributed by atoms with Crippen LogP contribution in [0.25, 0.3) is 11.3 Å². The number of nitrogens with two attached hydrogens (primary N) is 1. The second-order valence-electron chi connectivity index (χ2n) is 4.86. The van der Waals surface area contributed by atoms with E-state index in [4.69, 9.17) is 19.7 Å². The van der Waals surface area contributed by atoms with E-state index < -0.39 is 5.79 Å². The maximum Gasteiger partial charge on any atom is 0.251 e. The fourth-order valence-corrected chi connectivity index (χ4v) is 2.92. The summed E-state index contributed by atoms with van der Waals surface area (Å²) >= 11 is 3.52. The number of fused-ring (bicyclic) bond motifs is 1. The van der Waals surface area contributed by atoms with Crippen LogP contribution in [0.15, 0.2) is 27.2 Å². The Morgan fingerprint density at radius 2 is 1.89 bits per heavy atom. The smallest absolute Gasteiger partial charge is 0.251 e. The largest absolute Gasteiger partial charge is 0.448 e. The van der Waals surface area contributed by atoms with Crippen LogP contribution in [0.5, 0.6) is 11.5 Å². The van der Waals surface area contributed by atoms with E-state index in [-0.39, 0.29) is 5.88 Å². The number of nitrogens with zero attached hydrogens (tertiary/aromatic N) is 1. The van der Waals surface area contributed by atoms with Crippen LogP contribution in [-0.2, 0) is 0 Å². The predicted molar refractivity (Wildman–Crippen MR) is 71.9 cm³/mol. The van der Waals surface area contributed by atoms with Gasteiger partial charge in [-0.2, -0.15) is 0 Å². The Bertz CT molecular complexity index is 664. The van der Waals surface area contributed by atoms with E-state index in [0.717, 1.165) is 40.8 Å². The highest BCUT2D eigenvalue weighted by molar-refractivity contribution is 9.10. The van der Waals surface area contributed by atoms with E-state index in [2.05, 4.69) is 21.1 Å². The van der Waals surface area contributed by atoms with Gasteiger partial charge in [-0.25, -0.2) is 0 Å². The van der Waals surface area contributed by atoms with Crippen molar-refractivity contribution in [2.45, 2.75) is 25.0 Å². The van der Waals surface area contributed by atoms with E-state index in [1.165, 1.54) is 0 Å². The van der Waals surface area contributed by atoms with Crippen molar-refractivity contribution in [2.75, 3.05) is 5.73 Å². The van der Waals surface area contributed by atoms with Gasteiger partial charge in [-0.15, -0.1) is 0 Å². The monoisotopic (exact) mass is 322 g/mol. The van der Waals surface area contributed by atoms with Gasteiger partial charge >= 0.3 is 0 Å². The molecule has 1 spiro atoms. The summed E-state index contributed by atoms with van der Waals surface area (Å²) in [6, 6.07) is 5.49. The number of rotatable bonds is 1. The van der Waals surface area contributed by atoms with Crippen molar-refractivity contribution in [3.05, 3.63) is 22.7 Å². The lowest BCUT2D eigenvalue weighted by atomic mass is 9.91. The van der Waals surface area contributed by atoms with Crippen molar-refractivity contribution in [2.24, 2.45) is 0 Å². The molecular formula is C13H11BrN2O3. The Balaban J connectivity index is 1.77. The van der Waals surface area contributed by atoms with Crippen molar-refractivity contribution in [1.82, 2.24) is 5.16 Å². The summed E-state index contributed by atoms with van der Waals surface area (Å²) in [7, 11) is 0. The Morgan fingerprint density at radius 1 is 1.16 bits per heavy atom. The maximum absolute atomic E-state index is 5.92. The molecule has 98 valence electrons. The molecule has 2 N–H and O–H groups in total. The first-order valence-electron chi connectivity index (χ1n) is 6.09. The first kappa shape index (κ1) is 11.2. The third-order valence-electron chi connectivity index (χ3n) is 3.55. The summed E-state index contributed by atoms with van der Waals surface area (Å²) in [5.74, 6) is 1.38. The lowest BCUT2D eigenvalue weighted by Crippen LogP contribution is -2.45. The number of halogens is 1. The molecule has 0 bridgehead atoms. The van der Waals surface area contributed by atoms with Crippen LogP contribution in [0.1, 0.15) is 19.3 Å². The van der Waals surface area contributed by atoms with Crippen molar-refractivity contribution >= 4 is 21.8 Å². The Hall–Kier alpha value is -1.69. The minimum atomic E-state index is -0.427. The summed E-state index contributed by atoms with van der Waals surface area (Å²) < 4.78 is 17.6. The molecule has 1 fully saturated rings. The summed E-state index contributed by atoms with van der Waals surface area (Å²) in [5.41, 5.74) is 7.10. The molecule has 0 saturated heterocycles. The van der Waals surface area contributed by atoms with Gasteiger partial charge in [-0.1, -0.05) is 5.16 Å². The molecule has 2 aliphatic rings. The highest BCUT2D eigenvalue weighted by Crippen LogP contribution is 2.50. The quantitative estimate of drug-likeness (QED) is 0.871. The van der Waals surface area contributed by atoms with Gasteiger partial charge < -0.3 is 19.7 Å². The van der Waals surface area contributed by atoms with Gasteiger partial charge in [0, 0.05) is 28.9 Å². The number of benzene rings is 1. The number of nitrogen functional groups attached to an aromatic ring is 1. The summed E-state index contributed by atoms with van der Waals surface area (Å²) in [4.78, 5) is 0. The minimum Gasteiger partial charge on any atom is -0.448 e. The zero-order chi connectivity index (χ0) is 13.0. The zero-order valence-corrected chi connectivity index (χ0v) is 11.6. The summed E-state index contributed by atoms with van der Waals surface area (Å²) in [6.07, 6.45) is 3.01. The molecule has 2 heterocycles. The second kappa shape index (κ2) is 3.66. The average molecular weight is 323 g/mol. The van der Waals surface area contributed by atoms with Crippen molar-refractivity contribution in [3.63, 3.8) is 0 Å². The molecule has 1 aromatic carbocycles. The molecular weight excluding hydrogens is 312 g/mol. The first-order chi connectivity index (χ1) is 9.15. The number of aromatic nitrogens is 1. The SMILES string of the molecule is Nc1cc(-c2cc3c(cc2Br)OC2(CCC2)O3)no1. The molecule has 1 aliphatic carbocycles. The number of ether oxygens (including phenoxy) is 2. The van der Waals surface area contributed by atoms with Crippen LogP contribution >= 0.6 is 15.9 Å². The number of hydrogen-bond acceptors (Lipinski definition) is 5. The van der Waals surface area contributed by atoms with E-state index in [1.807, 2.05) is 12.1 Å². The molecule has 1 saturated carbocycles. The van der Waals surface area contributed by atoms with E-state index in [9.17, 15) is 0 Å². The Morgan fingerprint density at radius 3 is 2.47 bits per heavy atom. The van der Waals surface area contributed by atoms with Crippen LogP contribution in [0.2, 0.25) is 0 Å². The highest BCUT2D eigenvalue weighted by Gasteiger charge is 2.47. The maximum atomic E-state index is 5.92. The molecule has 0 radical (unpaired) electrons. The van der Waals surface area contributed by atoms with Crippen LogP contribution in [0.3, 0.4) is 0 Å². The third kappa shape index (κ3) is 1.63. The molecule has 0 unspecified atom stereocenters. The molecule has 0 atom stereocenters. The van der Waals surface area contributed by atoms with Crippen LogP contribution < -0.4 is 15.2 Å². The Kier molecular flexibility index (Phi) is 2.15. The molecule has 19 heavy (non-hydrogen) atoms. The Labute approximate surface area is 117 Å². The number of anilines is 1. The lowest BCUT2D eigenvalue weighted by molar-refractivity contribution is -0.138. The van der Waals surface area contributed by atoms with Gasteiger partial charge in [0.1, 0.15) is 5.69 Å². The molecule has 2 aromatic rings. The first-order valence-corrected chi connectivity index (χ1v) is 6.89. The molecule has 6 heteroatoms. The predicted octanol–water partition coefficient (Wildman–Crippen LogP) is 3.34. The topological polar surface area (TPSA) is 70.5 Å². The van der Waals surface area contributed by atoms with Crippen molar-refractivity contribution in [3.8, 4) is 22.8 Å². The summed E-state index contributed by atoms with van der Waals surface area (Å²) in [5, 5.41) is 3.92. The van der Waals surface area contributed by atoms with Crippen molar-refractivity contribution < 1.29 is 14.0 Å². The van der Waals surface area contributed by atoms with Crippen LogP contribution in [0.4, 0.5) is 5.88 Å². The van der Waals surface area contributed by atoms with Crippen LogP contribution in [-0.4, -0.2) is 10.9 Å². The second-order valence-corrected chi connectivity index (χ2v) is 5.72. The van der Waals surface area contributed by atoms with Gasteiger partial charge in [0.05, 0.1) is 0 Å². The van der Waals surface area contributed by atoms with Crippen molar-refractivity contribution in [1.29, 1.82) is 0 Å². The summed E-state index contributed by atoms with van der Waals surface area (Å²) in [6.45, 7) is 0. The van der Waals surface area contributed by atoms with Crippen LogP contribution in [0, 0.1) is 0 Å². The minimum absolute atomic E-state index is 0.287. The van der Waals surface area contributed by atoms with E-state index in [0.29, 0.717) is 5.69 Å². The van der Waals surface area contributed by atoms with Gasteiger partial charge in [-0.05, 0) is 34.5 Å². The molecule has 1 aromatic heterocycles. The van der Waals surface area contributed by atoms with Gasteiger partial charge in [-0.3, -0.25) is 0 Å². The van der Waals surface area contributed by atoms with E-state index >= 15 is 0 Å². The fraction of sp³-hybridized carbons (Fsp3) is 0.308. The molecule has 1 aliphatic heterocycles. The molecule has 0 amide bonds. The van der Waals surface area contributed by atoms with Gasteiger partial charge in [0.15, 0.2) is 11.5 Å². The van der Waals surface area contributed by atoms with E-state index in [1.54, 1.807) is 6.07 Å². The number of hydrogen-bond donors (Lipinski definition) is 1. The average Bonchev–Trinajstić information content (AvgIpc) is 2.90.